The highest BCUT2D eigenvalue weighted by Gasteiger charge is 2.16. The summed E-state index contributed by atoms with van der Waals surface area (Å²) >= 11 is 0.369. The number of carbonyl (C=O) groups is 1. The maximum Gasteiger partial charge on any atom is 0.329 e. The zero-order chi connectivity index (χ0) is 19.4. The van der Waals surface area contributed by atoms with Crippen LogP contribution in [0.25, 0.3) is 11.0 Å². The first-order chi connectivity index (χ1) is 13.0. The van der Waals surface area contributed by atoms with Crippen molar-refractivity contribution in [1.82, 2.24) is 9.13 Å². The molecule has 27 heavy (non-hydrogen) atoms. The van der Waals surface area contributed by atoms with Crippen LogP contribution in [0.2, 0.25) is 0 Å². The van der Waals surface area contributed by atoms with Crippen molar-refractivity contribution in [3.8, 4) is 0 Å². The van der Waals surface area contributed by atoms with E-state index in [9.17, 15) is 18.4 Å². The monoisotopic (exact) mass is 391 g/mol. The minimum atomic E-state index is -2.59. The number of rotatable bonds is 7. The molecule has 0 unspecified atom stereocenters. The third-order valence-corrected chi connectivity index (χ3v) is 4.84. The largest absolute Gasteiger partial charge is 0.329 e. The number of benzene rings is 2. The molecule has 0 aliphatic rings. The Hall–Kier alpha value is -2.61. The normalized spacial score (nSPS) is 11.3. The van der Waals surface area contributed by atoms with E-state index < -0.39 is 11.7 Å². The average Bonchev–Trinajstić information content (AvgIpc) is 2.89. The van der Waals surface area contributed by atoms with Crippen molar-refractivity contribution in [3.63, 3.8) is 0 Å². The Bertz CT molecular complexity index is 1010. The van der Waals surface area contributed by atoms with Crippen molar-refractivity contribution in [2.75, 3.05) is 5.32 Å². The molecule has 2 aromatic carbocycles. The number of para-hydroxylation sites is 3. The molecule has 3 rings (SSSR count). The highest BCUT2D eigenvalue weighted by atomic mass is 32.2. The summed E-state index contributed by atoms with van der Waals surface area (Å²) in [7, 11) is 0. The standard InChI is InChI=1S/C19H19F2N3O2S/c1-2-11-23-14-8-4-5-9-15(14)24(19(23)26)12-17(25)22-13-7-3-6-10-16(13)27-18(20)21/h3-10,18H,2,11-12H2,1H3,(H,22,25). The summed E-state index contributed by atoms with van der Waals surface area (Å²) in [5, 5.41) is 2.64. The van der Waals surface area contributed by atoms with Gasteiger partial charge in [0.25, 0.3) is 5.76 Å². The van der Waals surface area contributed by atoms with Gasteiger partial charge in [0.1, 0.15) is 6.54 Å². The van der Waals surface area contributed by atoms with E-state index in [4.69, 9.17) is 0 Å². The van der Waals surface area contributed by atoms with Crippen molar-refractivity contribution >= 4 is 34.4 Å². The highest BCUT2D eigenvalue weighted by molar-refractivity contribution is 7.99. The SMILES string of the molecule is CCCn1c(=O)n(CC(=O)Nc2ccccc2SC(F)F)c2ccccc21. The van der Waals surface area contributed by atoms with Gasteiger partial charge in [-0.15, -0.1) is 0 Å². The zero-order valence-electron chi connectivity index (χ0n) is 14.7. The van der Waals surface area contributed by atoms with E-state index in [1.54, 1.807) is 34.9 Å². The van der Waals surface area contributed by atoms with Gasteiger partial charge in [0.05, 0.1) is 16.7 Å². The molecule has 0 bridgehead atoms. The molecule has 1 aromatic heterocycles. The molecule has 1 amide bonds. The molecule has 0 saturated carbocycles. The van der Waals surface area contributed by atoms with E-state index in [0.29, 0.717) is 29.5 Å². The second-order valence-corrected chi connectivity index (χ2v) is 6.96. The number of anilines is 1. The lowest BCUT2D eigenvalue weighted by Crippen LogP contribution is -2.29. The molecule has 142 valence electrons. The number of aromatic nitrogens is 2. The van der Waals surface area contributed by atoms with E-state index in [2.05, 4.69) is 5.32 Å². The molecule has 0 radical (unpaired) electrons. The quantitative estimate of drug-likeness (QED) is 0.615. The van der Waals surface area contributed by atoms with Crippen molar-refractivity contribution in [2.45, 2.75) is 37.1 Å². The highest BCUT2D eigenvalue weighted by Crippen LogP contribution is 2.31. The Morgan fingerprint density at radius 3 is 2.37 bits per heavy atom. The fourth-order valence-electron chi connectivity index (χ4n) is 2.97. The number of nitrogens with zero attached hydrogens (tertiary/aromatic N) is 2. The predicted octanol–water partition coefficient (Wildman–Crippen LogP) is 4.17. The molecule has 3 aromatic rings. The molecule has 0 saturated heterocycles. The molecule has 0 aliphatic heterocycles. The third-order valence-electron chi connectivity index (χ3n) is 4.05. The van der Waals surface area contributed by atoms with Gasteiger partial charge in [-0.25, -0.2) is 4.79 Å². The van der Waals surface area contributed by atoms with Gasteiger partial charge in [0.2, 0.25) is 5.91 Å². The summed E-state index contributed by atoms with van der Waals surface area (Å²) in [6.07, 6.45) is 0.790. The van der Waals surface area contributed by atoms with Gasteiger partial charge < -0.3 is 5.32 Å². The van der Waals surface area contributed by atoms with Crippen LogP contribution in [-0.4, -0.2) is 20.8 Å². The fraction of sp³-hybridized carbons (Fsp3) is 0.263. The summed E-state index contributed by atoms with van der Waals surface area (Å²) in [4.78, 5) is 25.5. The van der Waals surface area contributed by atoms with E-state index in [1.807, 2.05) is 19.1 Å². The topological polar surface area (TPSA) is 56.0 Å². The summed E-state index contributed by atoms with van der Waals surface area (Å²) < 4.78 is 28.4. The first-order valence-electron chi connectivity index (χ1n) is 8.53. The number of amides is 1. The Labute approximate surface area is 159 Å². The van der Waals surface area contributed by atoms with Crippen LogP contribution < -0.4 is 11.0 Å². The van der Waals surface area contributed by atoms with Gasteiger partial charge in [-0.1, -0.05) is 43.0 Å². The maximum atomic E-state index is 12.7. The van der Waals surface area contributed by atoms with Crippen LogP contribution in [0, 0.1) is 0 Å². The first kappa shape index (κ1) is 19.2. The number of fused-ring (bicyclic) bond motifs is 1. The third kappa shape index (κ3) is 4.21. The molecular formula is C19H19F2N3O2S. The number of nitrogens with one attached hydrogen (secondary N) is 1. The van der Waals surface area contributed by atoms with E-state index in [-0.39, 0.29) is 17.1 Å². The van der Waals surface area contributed by atoms with Crippen molar-refractivity contribution in [1.29, 1.82) is 0 Å². The molecule has 1 heterocycles. The van der Waals surface area contributed by atoms with Crippen LogP contribution in [0.5, 0.6) is 0 Å². The van der Waals surface area contributed by atoms with Gasteiger partial charge in [0.15, 0.2) is 0 Å². The van der Waals surface area contributed by atoms with Crippen LogP contribution in [0.1, 0.15) is 13.3 Å². The fourth-order valence-corrected chi connectivity index (χ4v) is 3.56. The van der Waals surface area contributed by atoms with Crippen LogP contribution >= 0.6 is 11.8 Å². The molecular weight excluding hydrogens is 372 g/mol. The van der Waals surface area contributed by atoms with Gasteiger partial charge in [-0.3, -0.25) is 13.9 Å². The molecule has 0 aliphatic carbocycles. The second kappa shape index (κ2) is 8.39. The Balaban J connectivity index is 1.88. The van der Waals surface area contributed by atoms with Gasteiger partial charge in [-0.2, -0.15) is 8.78 Å². The van der Waals surface area contributed by atoms with Crippen LogP contribution in [0.3, 0.4) is 0 Å². The minimum absolute atomic E-state index is 0.191. The van der Waals surface area contributed by atoms with Crippen LogP contribution in [0.15, 0.2) is 58.2 Å². The zero-order valence-corrected chi connectivity index (χ0v) is 15.5. The number of thioether (sulfide) groups is 1. The lowest BCUT2D eigenvalue weighted by atomic mass is 10.3. The van der Waals surface area contributed by atoms with E-state index in [0.717, 1.165) is 11.9 Å². The van der Waals surface area contributed by atoms with Crippen molar-refractivity contribution in [3.05, 3.63) is 59.0 Å². The van der Waals surface area contributed by atoms with Gasteiger partial charge in [0, 0.05) is 11.4 Å². The molecule has 0 atom stereocenters. The number of hydrogen-bond donors (Lipinski definition) is 1. The summed E-state index contributed by atoms with van der Waals surface area (Å²) in [6.45, 7) is 2.34. The minimum Gasteiger partial charge on any atom is -0.324 e. The van der Waals surface area contributed by atoms with E-state index in [1.165, 1.54) is 10.6 Å². The van der Waals surface area contributed by atoms with Crippen molar-refractivity contribution < 1.29 is 13.6 Å². The summed E-state index contributed by atoms with van der Waals surface area (Å²) in [5.74, 6) is -3.03. The Kier molecular flexibility index (Phi) is 5.95. The van der Waals surface area contributed by atoms with E-state index >= 15 is 0 Å². The van der Waals surface area contributed by atoms with Crippen LogP contribution in [-0.2, 0) is 17.9 Å². The molecule has 8 heteroatoms. The number of alkyl halides is 2. The lowest BCUT2D eigenvalue weighted by Gasteiger charge is -2.10. The van der Waals surface area contributed by atoms with Crippen molar-refractivity contribution in [2.24, 2.45) is 0 Å². The molecule has 1 N–H and O–H groups in total. The number of hydrogen-bond acceptors (Lipinski definition) is 3. The number of imidazole rings is 1. The first-order valence-corrected chi connectivity index (χ1v) is 9.41. The number of carbonyl (C=O) groups excluding carboxylic acids is 1. The summed E-state index contributed by atoms with van der Waals surface area (Å²) in [5.41, 5.74) is 1.48. The number of halogens is 2. The molecule has 0 spiro atoms. The smallest absolute Gasteiger partial charge is 0.324 e. The van der Waals surface area contributed by atoms with Gasteiger partial charge >= 0.3 is 5.69 Å². The lowest BCUT2D eigenvalue weighted by molar-refractivity contribution is -0.116. The summed E-state index contributed by atoms with van der Waals surface area (Å²) in [6, 6.07) is 13.6. The van der Waals surface area contributed by atoms with Crippen LogP contribution in [0.4, 0.5) is 14.5 Å². The Morgan fingerprint density at radius 1 is 1.07 bits per heavy atom. The molecule has 0 fully saturated rings. The van der Waals surface area contributed by atoms with Gasteiger partial charge in [-0.05, 0) is 30.7 Å². The molecule has 5 nitrogen and oxygen atoms in total. The second-order valence-electron chi connectivity index (χ2n) is 5.93. The number of aryl methyl sites for hydroxylation is 1. The predicted molar refractivity (Wildman–Crippen MR) is 103 cm³/mol. The average molecular weight is 391 g/mol. The Morgan fingerprint density at radius 2 is 1.70 bits per heavy atom. The maximum absolute atomic E-state index is 12.7.